The van der Waals surface area contributed by atoms with Gasteiger partial charge in [0.2, 0.25) is 5.75 Å². The van der Waals surface area contributed by atoms with E-state index in [-0.39, 0.29) is 11.5 Å². The molecule has 0 radical (unpaired) electrons. The Morgan fingerprint density at radius 1 is 1.04 bits per heavy atom. The predicted molar refractivity (Wildman–Crippen MR) is 93.9 cm³/mol. The SMILES string of the molecule is Oc1ccc(-c2nc3cnccn3c2NC2CCCCC2)c(O)c1O. The topological polar surface area (TPSA) is 103 Å². The van der Waals surface area contributed by atoms with Crippen LogP contribution in [0.4, 0.5) is 5.82 Å². The number of aromatic hydroxyl groups is 3. The number of aromatic nitrogens is 3. The fraction of sp³-hybridized carbons (Fsp3) is 0.333. The van der Waals surface area contributed by atoms with E-state index in [1.165, 1.54) is 25.3 Å². The Bertz CT molecular complexity index is 916. The zero-order valence-corrected chi connectivity index (χ0v) is 13.7. The lowest BCUT2D eigenvalue weighted by molar-refractivity contribution is 0.369. The molecule has 1 saturated carbocycles. The highest BCUT2D eigenvalue weighted by Crippen LogP contribution is 2.44. The third-order valence-electron chi connectivity index (χ3n) is 4.76. The molecule has 0 bridgehead atoms. The van der Waals surface area contributed by atoms with Crippen molar-refractivity contribution >= 4 is 11.5 Å². The molecule has 0 atom stereocenters. The molecule has 7 nitrogen and oxygen atoms in total. The van der Waals surface area contributed by atoms with Gasteiger partial charge in [-0.05, 0) is 25.0 Å². The Hall–Kier alpha value is -2.96. The van der Waals surface area contributed by atoms with Crippen molar-refractivity contribution in [2.75, 3.05) is 5.32 Å². The Balaban J connectivity index is 1.85. The summed E-state index contributed by atoms with van der Waals surface area (Å²) in [7, 11) is 0. The first kappa shape index (κ1) is 15.6. The molecule has 1 fully saturated rings. The van der Waals surface area contributed by atoms with Gasteiger partial charge in [0.1, 0.15) is 11.5 Å². The van der Waals surface area contributed by atoms with Gasteiger partial charge in [-0.2, -0.15) is 0 Å². The van der Waals surface area contributed by atoms with Crippen molar-refractivity contribution in [1.29, 1.82) is 0 Å². The van der Waals surface area contributed by atoms with Gasteiger partial charge >= 0.3 is 0 Å². The van der Waals surface area contributed by atoms with Crippen molar-refractivity contribution in [1.82, 2.24) is 14.4 Å². The van der Waals surface area contributed by atoms with E-state index in [9.17, 15) is 15.3 Å². The van der Waals surface area contributed by atoms with Gasteiger partial charge in [-0.1, -0.05) is 19.3 Å². The van der Waals surface area contributed by atoms with E-state index in [4.69, 9.17) is 0 Å². The highest BCUT2D eigenvalue weighted by molar-refractivity contribution is 5.82. The first-order valence-electron chi connectivity index (χ1n) is 8.48. The number of anilines is 1. The second-order valence-electron chi connectivity index (χ2n) is 6.42. The summed E-state index contributed by atoms with van der Waals surface area (Å²) in [6.07, 6.45) is 11.0. The number of hydrogen-bond donors (Lipinski definition) is 4. The van der Waals surface area contributed by atoms with E-state index in [1.807, 2.05) is 10.6 Å². The van der Waals surface area contributed by atoms with Crippen molar-refractivity contribution in [2.24, 2.45) is 0 Å². The van der Waals surface area contributed by atoms with Gasteiger partial charge in [-0.3, -0.25) is 9.38 Å². The lowest BCUT2D eigenvalue weighted by atomic mass is 9.95. The van der Waals surface area contributed by atoms with Crippen LogP contribution in [0.15, 0.2) is 30.7 Å². The van der Waals surface area contributed by atoms with Crippen molar-refractivity contribution in [3.8, 4) is 28.5 Å². The summed E-state index contributed by atoms with van der Waals surface area (Å²) in [5.41, 5.74) is 1.52. The molecule has 1 aliphatic carbocycles. The van der Waals surface area contributed by atoms with Crippen LogP contribution in [0, 0.1) is 0 Å². The molecule has 4 rings (SSSR count). The molecule has 2 aromatic heterocycles. The number of phenols is 3. The fourth-order valence-electron chi connectivity index (χ4n) is 3.43. The molecule has 3 aromatic rings. The number of hydrogen-bond acceptors (Lipinski definition) is 6. The maximum atomic E-state index is 10.3. The van der Waals surface area contributed by atoms with Crippen LogP contribution in [0.2, 0.25) is 0 Å². The number of imidazole rings is 1. The molecule has 25 heavy (non-hydrogen) atoms. The number of fused-ring (bicyclic) bond motifs is 1. The van der Waals surface area contributed by atoms with E-state index in [0.29, 0.717) is 22.9 Å². The smallest absolute Gasteiger partial charge is 0.200 e. The summed E-state index contributed by atoms with van der Waals surface area (Å²) in [5.74, 6) is -0.544. The van der Waals surface area contributed by atoms with Crippen molar-refractivity contribution in [3.05, 3.63) is 30.7 Å². The van der Waals surface area contributed by atoms with Gasteiger partial charge in [0.25, 0.3) is 0 Å². The van der Waals surface area contributed by atoms with Gasteiger partial charge in [-0.15, -0.1) is 0 Å². The molecule has 130 valence electrons. The Morgan fingerprint density at radius 3 is 2.64 bits per heavy atom. The molecule has 0 aliphatic heterocycles. The first-order chi connectivity index (χ1) is 12.1. The van der Waals surface area contributed by atoms with Crippen LogP contribution in [0.3, 0.4) is 0 Å². The van der Waals surface area contributed by atoms with Crippen molar-refractivity contribution < 1.29 is 15.3 Å². The van der Waals surface area contributed by atoms with Crippen LogP contribution < -0.4 is 5.32 Å². The van der Waals surface area contributed by atoms with Crippen LogP contribution >= 0.6 is 0 Å². The summed E-state index contributed by atoms with van der Waals surface area (Å²) >= 11 is 0. The quantitative estimate of drug-likeness (QED) is 0.546. The summed E-state index contributed by atoms with van der Waals surface area (Å²) in [6.45, 7) is 0. The van der Waals surface area contributed by atoms with E-state index < -0.39 is 5.75 Å². The number of rotatable bonds is 3. The Labute approximate surface area is 144 Å². The second kappa shape index (κ2) is 6.16. The van der Waals surface area contributed by atoms with Gasteiger partial charge < -0.3 is 20.6 Å². The van der Waals surface area contributed by atoms with Crippen LogP contribution in [-0.2, 0) is 0 Å². The van der Waals surface area contributed by atoms with E-state index in [1.54, 1.807) is 18.5 Å². The van der Waals surface area contributed by atoms with Crippen molar-refractivity contribution in [3.63, 3.8) is 0 Å². The number of benzene rings is 1. The third-order valence-corrected chi connectivity index (χ3v) is 4.76. The second-order valence-corrected chi connectivity index (χ2v) is 6.42. The van der Waals surface area contributed by atoms with Crippen molar-refractivity contribution in [2.45, 2.75) is 38.1 Å². The average molecular weight is 340 g/mol. The maximum Gasteiger partial charge on any atom is 0.200 e. The largest absolute Gasteiger partial charge is 0.504 e. The van der Waals surface area contributed by atoms with Gasteiger partial charge in [0, 0.05) is 24.0 Å². The lowest BCUT2D eigenvalue weighted by Crippen LogP contribution is -2.23. The standard InChI is InChI=1S/C18H20N4O3/c23-13-7-6-12(16(24)17(13)25)15-18(20-11-4-2-1-3-5-11)22-9-8-19-10-14(22)21-15/h6-11,20,23-25H,1-5H2. The minimum absolute atomic E-state index is 0.341. The zero-order valence-electron chi connectivity index (χ0n) is 13.7. The molecule has 0 amide bonds. The highest BCUT2D eigenvalue weighted by atomic mass is 16.3. The Morgan fingerprint density at radius 2 is 1.84 bits per heavy atom. The van der Waals surface area contributed by atoms with Gasteiger partial charge in [0.15, 0.2) is 17.1 Å². The van der Waals surface area contributed by atoms with Crippen LogP contribution in [0.1, 0.15) is 32.1 Å². The number of nitrogens with zero attached hydrogens (tertiary/aromatic N) is 3. The molecule has 0 spiro atoms. The van der Waals surface area contributed by atoms with Gasteiger partial charge in [0.05, 0.1) is 6.20 Å². The summed E-state index contributed by atoms with van der Waals surface area (Å²) in [4.78, 5) is 8.66. The molecule has 1 aromatic carbocycles. The molecular weight excluding hydrogens is 320 g/mol. The molecule has 0 unspecified atom stereocenters. The molecule has 0 saturated heterocycles. The lowest BCUT2D eigenvalue weighted by Gasteiger charge is -2.24. The summed E-state index contributed by atoms with van der Waals surface area (Å²) < 4.78 is 1.89. The predicted octanol–water partition coefficient (Wildman–Crippen LogP) is 3.26. The normalized spacial score (nSPS) is 15.5. The van der Waals surface area contributed by atoms with Gasteiger partial charge in [-0.25, -0.2) is 4.98 Å². The first-order valence-corrected chi connectivity index (χ1v) is 8.48. The minimum Gasteiger partial charge on any atom is -0.504 e. The molecule has 4 N–H and O–H groups in total. The van der Waals surface area contributed by atoms with E-state index >= 15 is 0 Å². The minimum atomic E-state index is -0.545. The van der Waals surface area contributed by atoms with Crippen LogP contribution in [-0.4, -0.2) is 35.7 Å². The van der Waals surface area contributed by atoms with E-state index in [0.717, 1.165) is 18.7 Å². The summed E-state index contributed by atoms with van der Waals surface area (Å²) in [6, 6.07) is 3.23. The van der Waals surface area contributed by atoms with Crippen LogP contribution in [0.25, 0.3) is 16.9 Å². The average Bonchev–Trinajstić information content (AvgIpc) is 2.99. The maximum absolute atomic E-state index is 10.3. The monoisotopic (exact) mass is 340 g/mol. The number of phenolic OH excluding ortho intramolecular Hbond substituents is 3. The fourth-order valence-corrected chi connectivity index (χ4v) is 3.43. The molecule has 1 aliphatic rings. The molecule has 7 heteroatoms. The number of nitrogens with one attached hydrogen (secondary N) is 1. The highest BCUT2D eigenvalue weighted by Gasteiger charge is 2.23. The zero-order chi connectivity index (χ0) is 17.4. The Kier molecular flexibility index (Phi) is 3.83. The molecule has 2 heterocycles. The van der Waals surface area contributed by atoms with Crippen LogP contribution in [0.5, 0.6) is 17.2 Å². The molecular formula is C18H20N4O3. The summed E-state index contributed by atoms with van der Waals surface area (Å²) in [5, 5.41) is 33.3. The van der Waals surface area contributed by atoms with E-state index in [2.05, 4.69) is 15.3 Å². The third kappa shape index (κ3) is 2.71.